The molecule has 0 spiro atoms. The first-order valence-corrected chi connectivity index (χ1v) is 8.42. The minimum atomic E-state index is -1.04. The molecule has 0 aromatic heterocycles. The number of benzene rings is 3. The molecule has 1 atom stereocenters. The standard InChI is InChI=1S/C23H17FO3/c24-20-14-11-17(12-15-20)13-16-21(25)27-23(19-9-5-2-6-10-19)22(26)18-7-3-1-4-8-18/h1-16,23H. The average Bonchev–Trinajstić information content (AvgIpc) is 2.72. The fraction of sp³-hybridized carbons (Fsp3) is 0.0435. The van der Waals surface area contributed by atoms with E-state index in [1.54, 1.807) is 60.7 Å². The molecule has 0 saturated carbocycles. The van der Waals surface area contributed by atoms with Gasteiger partial charge in [-0.05, 0) is 23.8 Å². The first-order chi connectivity index (χ1) is 13.1. The van der Waals surface area contributed by atoms with Crippen molar-refractivity contribution in [1.82, 2.24) is 0 Å². The molecule has 0 bridgehead atoms. The highest BCUT2D eigenvalue weighted by molar-refractivity contribution is 6.01. The van der Waals surface area contributed by atoms with Gasteiger partial charge < -0.3 is 4.74 Å². The Morgan fingerprint density at radius 3 is 2.04 bits per heavy atom. The zero-order valence-electron chi connectivity index (χ0n) is 14.4. The van der Waals surface area contributed by atoms with E-state index in [1.165, 1.54) is 24.3 Å². The van der Waals surface area contributed by atoms with Crippen molar-refractivity contribution in [2.45, 2.75) is 6.10 Å². The SMILES string of the molecule is O=C(C=Cc1ccc(F)cc1)OC(C(=O)c1ccccc1)c1ccccc1. The van der Waals surface area contributed by atoms with E-state index in [0.29, 0.717) is 16.7 Å². The summed E-state index contributed by atoms with van der Waals surface area (Å²) in [6.45, 7) is 0. The molecule has 3 nitrogen and oxygen atoms in total. The van der Waals surface area contributed by atoms with Crippen molar-refractivity contribution in [2.24, 2.45) is 0 Å². The molecule has 134 valence electrons. The monoisotopic (exact) mass is 360 g/mol. The maximum absolute atomic E-state index is 12.9. The molecule has 0 amide bonds. The Morgan fingerprint density at radius 2 is 1.41 bits per heavy atom. The number of rotatable bonds is 6. The molecule has 27 heavy (non-hydrogen) atoms. The van der Waals surface area contributed by atoms with Crippen LogP contribution in [0.2, 0.25) is 0 Å². The third-order valence-corrected chi connectivity index (χ3v) is 3.91. The molecule has 0 fully saturated rings. The zero-order chi connectivity index (χ0) is 19.1. The van der Waals surface area contributed by atoms with Gasteiger partial charge in [0.05, 0.1) is 0 Å². The number of carbonyl (C=O) groups is 2. The number of esters is 1. The third kappa shape index (κ3) is 4.98. The Balaban J connectivity index is 1.80. The molecule has 0 radical (unpaired) electrons. The van der Waals surface area contributed by atoms with Crippen LogP contribution in [-0.2, 0) is 9.53 Å². The number of Topliss-reactive ketones (excluding diaryl/α,β-unsaturated/α-hetero) is 1. The van der Waals surface area contributed by atoms with E-state index in [2.05, 4.69) is 0 Å². The second-order valence-electron chi connectivity index (χ2n) is 5.84. The van der Waals surface area contributed by atoms with E-state index < -0.39 is 12.1 Å². The summed E-state index contributed by atoms with van der Waals surface area (Å²) < 4.78 is 18.4. The molecule has 0 N–H and O–H groups in total. The van der Waals surface area contributed by atoms with Crippen molar-refractivity contribution in [3.63, 3.8) is 0 Å². The Bertz CT molecular complexity index is 932. The van der Waals surface area contributed by atoms with Gasteiger partial charge in [0.2, 0.25) is 5.78 Å². The second-order valence-corrected chi connectivity index (χ2v) is 5.84. The summed E-state index contributed by atoms with van der Waals surface area (Å²) in [5.74, 6) is -1.31. The lowest BCUT2D eigenvalue weighted by Gasteiger charge is -2.16. The van der Waals surface area contributed by atoms with E-state index in [0.717, 1.165) is 0 Å². The van der Waals surface area contributed by atoms with Crippen LogP contribution in [0, 0.1) is 5.82 Å². The van der Waals surface area contributed by atoms with Gasteiger partial charge in [-0.2, -0.15) is 0 Å². The number of halogens is 1. The predicted molar refractivity (Wildman–Crippen MR) is 101 cm³/mol. The van der Waals surface area contributed by atoms with Crippen molar-refractivity contribution >= 4 is 17.8 Å². The molecular weight excluding hydrogens is 343 g/mol. The summed E-state index contributed by atoms with van der Waals surface area (Å²) in [4.78, 5) is 25.1. The maximum Gasteiger partial charge on any atom is 0.331 e. The minimum Gasteiger partial charge on any atom is -0.446 e. The fourth-order valence-electron chi connectivity index (χ4n) is 2.55. The lowest BCUT2D eigenvalue weighted by molar-refractivity contribution is -0.141. The van der Waals surface area contributed by atoms with Crippen LogP contribution >= 0.6 is 0 Å². The van der Waals surface area contributed by atoms with E-state index >= 15 is 0 Å². The average molecular weight is 360 g/mol. The molecule has 0 aliphatic carbocycles. The van der Waals surface area contributed by atoms with Crippen LogP contribution in [0.5, 0.6) is 0 Å². The van der Waals surface area contributed by atoms with Crippen LogP contribution in [0.25, 0.3) is 6.08 Å². The summed E-state index contributed by atoms with van der Waals surface area (Å²) in [6, 6.07) is 23.2. The van der Waals surface area contributed by atoms with E-state index in [9.17, 15) is 14.0 Å². The van der Waals surface area contributed by atoms with E-state index in [1.807, 2.05) is 12.1 Å². The van der Waals surface area contributed by atoms with Crippen LogP contribution in [0.15, 0.2) is 91.0 Å². The largest absolute Gasteiger partial charge is 0.446 e. The highest BCUT2D eigenvalue weighted by Crippen LogP contribution is 2.23. The normalized spacial score (nSPS) is 11.9. The smallest absolute Gasteiger partial charge is 0.331 e. The first kappa shape index (κ1) is 18.3. The first-order valence-electron chi connectivity index (χ1n) is 8.42. The summed E-state index contributed by atoms with van der Waals surface area (Å²) in [6.07, 6.45) is 1.69. The molecule has 1 unspecified atom stereocenters. The van der Waals surface area contributed by atoms with Gasteiger partial charge in [0, 0.05) is 17.2 Å². The van der Waals surface area contributed by atoms with Crippen LogP contribution in [0.1, 0.15) is 27.6 Å². The molecule has 3 rings (SSSR count). The van der Waals surface area contributed by atoms with Gasteiger partial charge >= 0.3 is 5.97 Å². The second kappa shape index (κ2) is 8.72. The summed E-state index contributed by atoms with van der Waals surface area (Å²) in [5.41, 5.74) is 1.70. The molecule has 4 heteroatoms. The molecule has 0 aliphatic heterocycles. The summed E-state index contributed by atoms with van der Waals surface area (Å²) in [7, 11) is 0. The van der Waals surface area contributed by atoms with Crippen molar-refractivity contribution in [2.75, 3.05) is 0 Å². The molecule has 0 aliphatic rings. The summed E-state index contributed by atoms with van der Waals surface area (Å²) in [5, 5.41) is 0. The number of ether oxygens (including phenoxy) is 1. The Hall–Kier alpha value is -3.53. The highest BCUT2D eigenvalue weighted by atomic mass is 19.1. The van der Waals surface area contributed by atoms with E-state index in [4.69, 9.17) is 4.74 Å². The predicted octanol–water partition coefficient (Wildman–Crippen LogP) is 5.01. The van der Waals surface area contributed by atoms with Crippen molar-refractivity contribution < 1.29 is 18.7 Å². The molecule has 3 aromatic rings. The zero-order valence-corrected chi connectivity index (χ0v) is 14.4. The van der Waals surface area contributed by atoms with Gasteiger partial charge in [0.15, 0.2) is 6.10 Å². The topological polar surface area (TPSA) is 43.4 Å². The van der Waals surface area contributed by atoms with Crippen molar-refractivity contribution in [3.8, 4) is 0 Å². The number of hydrogen-bond donors (Lipinski definition) is 0. The van der Waals surface area contributed by atoms with Crippen LogP contribution in [0.4, 0.5) is 4.39 Å². The maximum atomic E-state index is 12.9. The van der Waals surface area contributed by atoms with Crippen molar-refractivity contribution in [3.05, 3.63) is 114 Å². The molecular formula is C23H17FO3. The van der Waals surface area contributed by atoms with Gasteiger partial charge in [-0.1, -0.05) is 72.8 Å². The Labute approximate surface area is 156 Å². The van der Waals surface area contributed by atoms with Crippen LogP contribution in [-0.4, -0.2) is 11.8 Å². The Morgan fingerprint density at radius 1 is 0.815 bits per heavy atom. The van der Waals surface area contributed by atoms with Gasteiger partial charge in [-0.3, -0.25) is 4.79 Å². The third-order valence-electron chi connectivity index (χ3n) is 3.91. The lowest BCUT2D eigenvalue weighted by Crippen LogP contribution is -2.19. The highest BCUT2D eigenvalue weighted by Gasteiger charge is 2.25. The van der Waals surface area contributed by atoms with Gasteiger partial charge in [0.1, 0.15) is 5.82 Å². The molecule has 0 saturated heterocycles. The Kier molecular flexibility index (Phi) is 5.90. The van der Waals surface area contributed by atoms with E-state index in [-0.39, 0.29) is 11.6 Å². The molecule has 0 heterocycles. The fourth-order valence-corrected chi connectivity index (χ4v) is 2.55. The van der Waals surface area contributed by atoms with Crippen LogP contribution < -0.4 is 0 Å². The lowest BCUT2D eigenvalue weighted by atomic mass is 10.00. The number of ketones is 1. The quantitative estimate of drug-likeness (QED) is 0.353. The molecule has 3 aromatic carbocycles. The summed E-state index contributed by atoms with van der Waals surface area (Å²) >= 11 is 0. The van der Waals surface area contributed by atoms with Gasteiger partial charge in [-0.25, -0.2) is 9.18 Å². The van der Waals surface area contributed by atoms with Gasteiger partial charge in [-0.15, -0.1) is 0 Å². The van der Waals surface area contributed by atoms with Gasteiger partial charge in [0.25, 0.3) is 0 Å². The van der Waals surface area contributed by atoms with Crippen molar-refractivity contribution in [1.29, 1.82) is 0 Å². The minimum absolute atomic E-state index is 0.301. The van der Waals surface area contributed by atoms with Crippen LogP contribution in [0.3, 0.4) is 0 Å². The number of hydrogen-bond acceptors (Lipinski definition) is 3. The number of carbonyl (C=O) groups excluding carboxylic acids is 2.